The summed E-state index contributed by atoms with van der Waals surface area (Å²) in [5.41, 5.74) is 0. The third-order valence-corrected chi connectivity index (χ3v) is 3.26. The van der Waals surface area contributed by atoms with Crippen LogP contribution in [0.15, 0.2) is 0 Å². The van der Waals surface area contributed by atoms with E-state index >= 15 is 0 Å². The number of likely N-dealkylation sites (tertiary alicyclic amines) is 1. The molecule has 1 aliphatic heterocycles. The van der Waals surface area contributed by atoms with Crippen molar-refractivity contribution < 1.29 is 14.3 Å². The van der Waals surface area contributed by atoms with E-state index < -0.39 is 0 Å². The lowest BCUT2D eigenvalue weighted by Gasteiger charge is -2.34. The van der Waals surface area contributed by atoms with Crippen LogP contribution in [0, 0.1) is 0 Å². The molecular weight excluding hydrogens is 246 g/mol. The number of methoxy groups -OCH3 is 1. The van der Waals surface area contributed by atoms with Gasteiger partial charge in [-0.3, -0.25) is 0 Å². The predicted molar refractivity (Wildman–Crippen MR) is 74.4 cm³/mol. The number of nitrogens with zero attached hydrogens (tertiary/aromatic N) is 2. The first-order valence-corrected chi connectivity index (χ1v) is 6.91. The van der Waals surface area contributed by atoms with Crippen LogP contribution in [-0.4, -0.2) is 82.5 Å². The topological polar surface area (TPSA) is 54.0 Å². The summed E-state index contributed by atoms with van der Waals surface area (Å²) in [6, 6.07) is 0.610. The van der Waals surface area contributed by atoms with Crippen molar-refractivity contribution in [2.45, 2.75) is 18.9 Å². The SMILES string of the molecule is COCCOCCNC1CCN(C(=O)N(C)C)CC1. The summed E-state index contributed by atoms with van der Waals surface area (Å²) in [7, 11) is 5.26. The second kappa shape index (κ2) is 9.12. The lowest BCUT2D eigenvalue weighted by molar-refractivity contribution is 0.0698. The van der Waals surface area contributed by atoms with E-state index in [1.54, 1.807) is 26.1 Å². The molecule has 1 N–H and O–H groups in total. The van der Waals surface area contributed by atoms with Gasteiger partial charge in [0.1, 0.15) is 0 Å². The number of hydrogen-bond acceptors (Lipinski definition) is 4. The van der Waals surface area contributed by atoms with Crippen molar-refractivity contribution in [1.29, 1.82) is 0 Å². The molecule has 0 atom stereocenters. The van der Waals surface area contributed by atoms with Crippen LogP contribution in [0.3, 0.4) is 0 Å². The molecule has 0 aromatic heterocycles. The monoisotopic (exact) mass is 273 g/mol. The molecule has 0 aliphatic carbocycles. The quantitative estimate of drug-likeness (QED) is 0.682. The van der Waals surface area contributed by atoms with Gasteiger partial charge in [0.25, 0.3) is 0 Å². The molecule has 1 fully saturated rings. The molecule has 1 rings (SSSR count). The van der Waals surface area contributed by atoms with Gasteiger partial charge in [-0.05, 0) is 12.8 Å². The van der Waals surface area contributed by atoms with Crippen LogP contribution in [-0.2, 0) is 9.47 Å². The van der Waals surface area contributed by atoms with E-state index in [9.17, 15) is 4.79 Å². The van der Waals surface area contributed by atoms with E-state index in [-0.39, 0.29) is 6.03 Å². The molecule has 0 bridgehead atoms. The van der Waals surface area contributed by atoms with E-state index in [0.29, 0.717) is 25.9 Å². The second-order valence-corrected chi connectivity index (χ2v) is 5.00. The fourth-order valence-electron chi connectivity index (χ4n) is 2.14. The molecule has 0 unspecified atom stereocenters. The second-order valence-electron chi connectivity index (χ2n) is 5.00. The van der Waals surface area contributed by atoms with Gasteiger partial charge < -0.3 is 24.6 Å². The molecule has 0 radical (unpaired) electrons. The standard InChI is InChI=1S/C13H27N3O3/c1-15(2)13(17)16-7-4-12(5-8-16)14-6-9-19-11-10-18-3/h12,14H,4-11H2,1-3H3. The molecular formula is C13H27N3O3. The van der Waals surface area contributed by atoms with Gasteiger partial charge in [0.2, 0.25) is 0 Å². The average Bonchev–Trinajstić information content (AvgIpc) is 2.42. The number of hydrogen-bond donors (Lipinski definition) is 1. The Morgan fingerprint density at radius 1 is 1.26 bits per heavy atom. The highest BCUT2D eigenvalue weighted by Crippen LogP contribution is 2.11. The van der Waals surface area contributed by atoms with E-state index in [1.807, 2.05) is 4.90 Å². The van der Waals surface area contributed by atoms with Crippen molar-refractivity contribution >= 4 is 6.03 Å². The molecule has 112 valence electrons. The van der Waals surface area contributed by atoms with Crippen molar-refractivity contribution in [3.8, 4) is 0 Å². The molecule has 1 aliphatic rings. The minimum absolute atomic E-state index is 0.112. The molecule has 1 heterocycles. The van der Waals surface area contributed by atoms with Crippen LogP contribution >= 0.6 is 0 Å². The van der Waals surface area contributed by atoms with E-state index in [0.717, 1.165) is 32.5 Å². The van der Waals surface area contributed by atoms with Gasteiger partial charge in [-0.2, -0.15) is 0 Å². The lowest BCUT2D eigenvalue weighted by Crippen LogP contribution is -2.48. The number of ether oxygens (including phenoxy) is 2. The van der Waals surface area contributed by atoms with Crippen LogP contribution in [0.25, 0.3) is 0 Å². The molecule has 6 nitrogen and oxygen atoms in total. The molecule has 6 heteroatoms. The van der Waals surface area contributed by atoms with Crippen LogP contribution < -0.4 is 5.32 Å². The molecule has 0 saturated carbocycles. The van der Waals surface area contributed by atoms with Gasteiger partial charge in [-0.1, -0.05) is 0 Å². The number of urea groups is 1. The third-order valence-electron chi connectivity index (χ3n) is 3.26. The molecule has 19 heavy (non-hydrogen) atoms. The zero-order valence-electron chi connectivity index (χ0n) is 12.4. The summed E-state index contributed by atoms with van der Waals surface area (Å²) < 4.78 is 10.3. The van der Waals surface area contributed by atoms with E-state index in [1.165, 1.54) is 0 Å². The van der Waals surface area contributed by atoms with Crippen LogP contribution in [0.1, 0.15) is 12.8 Å². The van der Waals surface area contributed by atoms with Gasteiger partial charge in [0.05, 0.1) is 19.8 Å². The summed E-state index contributed by atoms with van der Waals surface area (Å²) in [5, 5.41) is 3.47. The Morgan fingerprint density at radius 2 is 1.95 bits per heavy atom. The zero-order valence-corrected chi connectivity index (χ0v) is 12.4. The minimum Gasteiger partial charge on any atom is -0.382 e. The molecule has 0 aromatic rings. The van der Waals surface area contributed by atoms with Gasteiger partial charge in [-0.25, -0.2) is 4.79 Å². The summed E-state index contributed by atoms with van der Waals surface area (Å²) in [4.78, 5) is 15.3. The predicted octanol–water partition coefficient (Wildman–Crippen LogP) is 0.385. The number of nitrogens with one attached hydrogen (secondary N) is 1. The number of amides is 2. The number of rotatable bonds is 7. The fraction of sp³-hybridized carbons (Fsp3) is 0.923. The number of carbonyl (C=O) groups excluding carboxylic acids is 1. The zero-order chi connectivity index (χ0) is 14.1. The minimum atomic E-state index is 0.112. The Balaban J connectivity index is 2.05. The maximum atomic E-state index is 11.8. The molecule has 2 amide bonds. The first-order valence-electron chi connectivity index (χ1n) is 6.91. The Kier molecular flexibility index (Phi) is 7.78. The van der Waals surface area contributed by atoms with Crippen molar-refractivity contribution in [2.24, 2.45) is 0 Å². The normalized spacial score (nSPS) is 16.7. The summed E-state index contributed by atoms with van der Waals surface area (Å²) in [6.45, 7) is 4.52. The maximum absolute atomic E-state index is 11.8. The van der Waals surface area contributed by atoms with Crippen LogP contribution in [0.4, 0.5) is 4.79 Å². The first-order chi connectivity index (χ1) is 9.15. The average molecular weight is 273 g/mol. The van der Waals surface area contributed by atoms with Gasteiger partial charge in [0.15, 0.2) is 0 Å². The third kappa shape index (κ3) is 6.22. The Hall–Kier alpha value is -0.850. The number of carbonyl (C=O) groups is 1. The number of piperidine rings is 1. The molecule has 0 spiro atoms. The summed E-state index contributed by atoms with van der Waals surface area (Å²) >= 11 is 0. The van der Waals surface area contributed by atoms with Crippen molar-refractivity contribution in [3.63, 3.8) is 0 Å². The van der Waals surface area contributed by atoms with Gasteiger partial charge in [-0.15, -0.1) is 0 Å². The molecule has 0 aromatic carbocycles. The van der Waals surface area contributed by atoms with Crippen LogP contribution in [0.5, 0.6) is 0 Å². The van der Waals surface area contributed by atoms with E-state index in [4.69, 9.17) is 9.47 Å². The maximum Gasteiger partial charge on any atom is 0.319 e. The van der Waals surface area contributed by atoms with Crippen molar-refractivity contribution in [1.82, 2.24) is 15.1 Å². The Morgan fingerprint density at radius 3 is 2.53 bits per heavy atom. The Bertz CT molecular complexity index is 254. The smallest absolute Gasteiger partial charge is 0.319 e. The highest BCUT2D eigenvalue weighted by Gasteiger charge is 2.23. The largest absolute Gasteiger partial charge is 0.382 e. The highest BCUT2D eigenvalue weighted by atomic mass is 16.5. The fourth-order valence-corrected chi connectivity index (χ4v) is 2.14. The molecule has 1 saturated heterocycles. The van der Waals surface area contributed by atoms with Crippen molar-refractivity contribution in [2.75, 3.05) is 60.7 Å². The summed E-state index contributed by atoms with van der Waals surface area (Å²) in [5.74, 6) is 0. The highest BCUT2D eigenvalue weighted by molar-refractivity contribution is 5.73. The van der Waals surface area contributed by atoms with Gasteiger partial charge >= 0.3 is 6.03 Å². The van der Waals surface area contributed by atoms with E-state index in [2.05, 4.69) is 5.32 Å². The van der Waals surface area contributed by atoms with Crippen molar-refractivity contribution in [3.05, 3.63) is 0 Å². The van der Waals surface area contributed by atoms with Gasteiger partial charge in [0, 0.05) is 46.9 Å². The Labute approximate surface area is 116 Å². The van der Waals surface area contributed by atoms with Crippen LogP contribution in [0.2, 0.25) is 0 Å². The first kappa shape index (κ1) is 16.2. The lowest BCUT2D eigenvalue weighted by atomic mass is 10.1. The summed E-state index contributed by atoms with van der Waals surface area (Å²) in [6.07, 6.45) is 2.02.